The maximum atomic E-state index is 3.59. The zero-order valence-electron chi connectivity index (χ0n) is 12.6. The number of hydrogen-bond acceptors (Lipinski definition) is 2. The van der Waals surface area contributed by atoms with Crippen LogP contribution in [-0.2, 0) is 0 Å². The molecule has 1 aromatic rings. The first-order valence-electron chi connectivity index (χ1n) is 7.91. The molecular weight excluding hydrogens is 244 g/mol. The topological polar surface area (TPSA) is 15.3 Å². The molecule has 2 fully saturated rings. The Kier molecular flexibility index (Phi) is 4.23. The summed E-state index contributed by atoms with van der Waals surface area (Å²) in [7, 11) is 0. The molecule has 0 amide bonds. The second-order valence-corrected chi connectivity index (χ2v) is 6.64. The Bertz CT molecular complexity index is 458. The second-order valence-electron chi connectivity index (χ2n) is 6.64. The average molecular weight is 270 g/mol. The maximum Gasteiger partial charge on any atom is 0.0193 e. The number of likely N-dealkylation sites (tertiary alicyclic amines) is 1. The van der Waals surface area contributed by atoms with Gasteiger partial charge in [-0.3, -0.25) is 4.90 Å². The summed E-state index contributed by atoms with van der Waals surface area (Å²) in [4.78, 5) is 2.64. The molecule has 0 bridgehead atoms. The van der Waals surface area contributed by atoms with Gasteiger partial charge in [0.25, 0.3) is 0 Å². The van der Waals surface area contributed by atoms with Crippen molar-refractivity contribution >= 4 is 6.08 Å². The Labute approximate surface area is 122 Å². The minimum absolute atomic E-state index is 0.575. The zero-order chi connectivity index (χ0) is 13.8. The van der Waals surface area contributed by atoms with Gasteiger partial charge < -0.3 is 5.32 Å². The third-order valence-electron chi connectivity index (χ3n) is 4.76. The number of nitrogens with one attached hydrogen (secondary N) is 1. The van der Waals surface area contributed by atoms with Gasteiger partial charge in [0, 0.05) is 19.6 Å². The predicted octanol–water partition coefficient (Wildman–Crippen LogP) is 3.17. The van der Waals surface area contributed by atoms with Crippen molar-refractivity contribution in [2.75, 3.05) is 32.7 Å². The molecule has 1 atom stereocenters. The maximum absolute atomic E-state index is 3.59. The minimum atomic E-state index is 0.575. The van der Waals surface area contributed by atoms with E-state index in [9.17, 15) is 0 Å². The predicted molar refractivity (Wildman–Crippen MR) is 85.7 cm³/mol. The van der Waals surface area contributed by atoms with Gasteiger partial charge in [-0.2, -0.15) is 0 Å². The van der Waals surface area contributed by atoms with Crippen LogP contribution < -0.4 is 5.32 Å². The first-order valence-corrected chi connectivity index (χ1v) is 7.91. The standard InChI is InChI=1S/C18H26N2/c1-16(12-17-6-3-2-4-7-17)13-20-11-9-18(15-20)8-5-10-19-14-18/h2-4,6-7,12,19H,5,8-11,13-15H2,1H3. The normalized spacial score (nSPS) is 28.1. The van der Waals surface area contributed by atoms with Crippen LogP contribution in [0.5, 0.6) is 0 Å². The molecule has 1 spiro atoms. The molecule has 1 N–H and O–H groups in total. The quantitative estimate of drug-likeness (QED) is 0.907. The first kappa shape index (κ1) is 13.8. The molecule has 20 heavy (non-hydrogen) atoms. The Morgan fingerprint density at radius 1 is 1.30 bits per heavy atom. The van der Waals surface area contributed by atoms with E-state index in [2.05, 4.69) is 53.5 Å². The number of hydrogen-bond donors (Lipinski definition) is 1. The Morgan fingerprint density at radius 2 is 2.15 bits per heavy atom. The van der Waals surface area contributed by atoms with Crippen LogP contribution in [0.25, 0.3) is 6.08 Å². The molecule has 0 saturated carbocycles. The number of benzene rings is 1. The fourth-order valence-corrected chi connectivity index (χ4v) is 3.77. The number of nitrogens with zero attached hydrogens (tertiary/aromatic N) is 1. The summed E-state index contributed by atoms with van der Waals surface area (Å²) in [6, 6.07) is 10.7. The molecule has 2 nitrogen and oxygen atoms in total. The van der Waals surface area contributed by atoms with Crippen LogP contribution in [0.2, 0.25) is 0 Å². The molecule has 0 aliphatic carbocycles. The van der Waals surface area contributed by atoms with Gasteiger partial charge in [-0.15, -0.1) is 0 Å². The second kappa shape index (κ2) is 6.11. The SMILES string of the molecule is CC(=Cc1ccccc1)CN1CCC2(CCCNC2)C1. The first-order chi connectivity index (χ1) is 9.76. The number of piperidine rings is 1. The molecule has 3 rings (SSSR count). The Morgan fingerprint density at radius 3 is 2.90 bits per heavy atom. The third-order valence-corrected chi connectivity index (χ3v) is 4.76. The Hall–Kier alpha value is -1.12. The lowest BCUT2D eigenvalue weighted by Crippen LogP contribution is -2.42. The zero-order valence-corrected chi connectivity index (χ0v) is 12.6. The van der Waals surface area contributed by atoms with Crippen LogP contribution in [0.3, 0.4) is 0 Å². The highest BCUT2D eigenvalue weighted by molar-refractivity contribution is 5.52. The van der Waals surface area contributed by atoms with E-state index in [4.69, 9.17) is 0 Å². The third kappa shape index (κ3) is 3.31. The van der Waals surface area contributed by atoms with E-state index in [0.29, 0.717) is 5.41 Å². The number of rotatable bonds is 3. The lowest BCUT2D eigenvalue weighted by molar-refractivity contribution is 0.207. The van der Waals surface area contributed by atoms with Gasteiger partial charge in [-0.05, 0) is 50.3 Å². The molecular formula is C18H26N2. The van der Waals surface area contributed by atoms with Gasteiger partial charge in [0.05, 0.1) is 0 Å². The summed E-state index contributed by atoms with van der Waals surface area (Å²) in [6.07, 6.45) is 6.47. The lowest BCUT2D eigenvalue weighted by atomic mass is 9.80. The highest BCUT2D eigenvalue weighted by atomic mass is 15.2. The molecule has 2 saturated heterocycles. The highest BCUT2D eigenvalue weighted by Crippen LogP contribution is 2.36. The summed E-state index contributed by atoms with van der Waals surface area (Å²) in [5.74, 6) is 0. The molecule has 0 radical (unpaired) electrons. The van der Waals surface area contributed by atoms with E-state index in [1.165, 1.54) is 56.6 Å². The van der Waals surface area contributed by atoms with Crippen molar-refractivity contribution in [3.63, 3.8) is 0 Å². The molecule has 2 aliphatic heterocycles. The molecule has 108 valence electrons. The smallest absolute Gasteiger partial charge is 0.0193 e. The largest absolute Gasteiger partial charge is 0.316 e. The van der Waals surface area contributed by atoms with Crippen LogP contribution in [0.15, 0.2) is 35.9 Å². The average Bonchev–Trinajstić information content (AvgIpc) is 2.83. The van der Waals surface area contributed by atoms with Gasteiger partial charge in [-0.1, -0.05) is 42.0 Å². The van der Waals surface area contributed by atoms with Crippen molar-refractivity contribution in [3.8, 4) is 0 Å². The van der Waals surface area contributed by atoms with E-state index < -0.39 is 0 Å². The highest BCUT2D eigenvalue weighted by Gasteiger charge is 2.38. The minimum Gasteiger partial charge on any atom is -0.316 e. The van der Waals surface area contributed by atoms with E-state index >= 15 is 0 Å². The van der Waals surface area contributed by atoms with Crippen LogP contribution in [0, 0.1) is 5.41 Å². The molecule has 0 aromatic heterocycles. The van der Waals surface area contributed by atoms with Gasteiger partial charge in [-0.25, -0.2) is 0 Å². The van der Waals surface area contributed by atoms with E-state index in [0.717, 1.165) is 6.54 Å². The van der Waals surface area contributed by atoms with Crippen LogP contribution in [0.1, 0.15) is 31.7 Å². The summed E-state index contributed by atoms with van der Waals surface area (Å²) in [6.45, 7) is 8.37. The lowest BCUT2D eigenvalue weighted by Gasteiger charge is -2.34. The van der Waals surface area contributed by atoms with Crippen LogP contribution in [0.4, 0.5) is 0 Å². The van der Waals surface area contributed by atoms with E-state index in [-0.39, 0.29) is 0 Å². The summed E-state index contributed by atoms with van der Waals surface area (Å²) in [5, 5.41) is 3.59. The molecule has 1 unspecified atom stereocenters. The fourth-order valence-electron chi connectivity index (χ4n) is 3.77. The van der Waals surface area contributed by atoms with E-state index in [1.54, 1.807) is 0 Å². The van der Waals surface area contributed by atoms with Crippen molar-refractivity contribution in [1.29, 1.82) is 0 Å². The van der Waals surface area contributed by atoms with Crippen molar-refractivity contribution < 1.29 is 0 Å². The molecule has 2 heterocycles. The fraction of sp³-hybridized carbons (Fsp3) is 0.556. The summed E-state index contributed by atoms with van der Waals surface area (Å²) in [5.41, 5.74) is 3.36. The van der Waals surface area contributed by atoms with Gasteiger partial charge in [0.2, 0.25) is 0 Å². The van der Waals surface area contributed by atoms with Crippen molar-refractivity contribution in [3.05, 3.63) is 41.5 Å². The van der Waals surface area contributed by atoms with Crippen molar-refractivity contribution in [1.82, 2.24) is 10.2 Å². The van der Waals surface area contributed by atoms with Crippen molar-refractivity contribution in [2.24, 2.45) is 5.41 Å². The Balaban J connectivity index is 1.57. The van der Waals surface area contributed by atoms with Gasteiger partial charge in [0.1, 0.15) is 0 Å². The summed E-state index contributed by atoms with van der Waals surface area (Å²) < 4.78 is 0. The van der Waals surface area contributed by atoms with Crippen molar-refractivity contribution in [2.45, 2.75) is 26.2 Å². The monoisotopic (exact) mass is 270 g/mol. The van der Waals surface area contributed by atoms with E-state index in [1.807, 2.05) is 0 Å². The van der Waals surface area contributed by atoms with Crippen LogP contribution >= 0.6 is 0 Å². The van der Waals surface area contributed by atoms with Gasteiger partial charge >= 0.3 is 0 Å². The summed E-state index contributed by atoms with van der Waals surface area (Å²) >= 11 is 0. The molecule has 1 aromatic carbocycles. The van der Waals surface area contributed by atoms with Gasteiger partial charge in [0.15, 0.2) is 0 Å². The van der Waals surface area contributed by atoms with Crippen LogP contribution in [-0.4, -0.2) is 37.6 Å². The molecule has 2 heteroatoms. The molecule has 2 aliphatic rings.